The number of aromatic nitrogens is 1. The number of aryl methyl sites for hydroxylation is 1. The van der Waals surface area contributed by atoms with E-state index in [1.165, 1.54) is 39.9 Å². The first kappa shape index (κ1) is 27.0. The number of hydrazone groups is 1. The minimum Gasteiger partial charge on any atom is -0.443 e. The summed E-state index contributed by atoms with van der Waals surface area (Å²) < 4.78 is 6.95. The molecular weight excluding hydrogens is 486 g/mol. The Bertz CT molecular complexity index is 1220. The van der Waals surface area contributed by atoms with Crippen molar-refractivity contribution in [2.75, 3.05) is 12.4 Å². The second-order valence-electron chi connectivity index (χ2n) is 9.48. The number of pyridine rings is 1. The number of carbonyl (C=O) groups excluding carboxylic acids is 2. The van der Waals surface area contributed by atoms with Gasteiger partial charge in [0.1, 0.15) is 22.9 Å². The molecule has 1 fully saturated rings. The number of anilines is 1. The summed E-state index contributed by atoms with van der Waals surface area (Å²) in [5, 5.41) is 11.5. The number of hydrogen-bond acceptors (Lipinski definition) is 8. The monoisotopic (exact) mass is 517 g/mol. The maximum Gasteiger partial charge on any atom is 0.415 e. The lowest BCUT2D eigenvalue weighted by molar-refractivity contribution is -0.117. The van der Waals surface area contributed by atoms with Gasteiger partial charge in [-0.15, -0.1) is 0 Å². The zero-order valence-electron chi connectivity index (χ0n) is 21.4. The Morgan fingerprint density at radius 2 is 2.03 bits per heavy atom. The average Bonchev–Trinajstić information content (AvgIpc) is 3.62. The molecule has 2 heterocycles. The van der Waals surface area contributed by atoms with Crippen molar-refractivity contribution in [1.29, 1.82) is 0 Å². The van der Waals surface area contributed by atoms with Crippen molar-refractivity contribution in [2.24, 2.45) is 10.1 Å². The SMILES string of the molecule is C=NN1C(N(C)C(=O)OC(C)(C)C)=CC(Nc2cc(Cl)cn(CC)c2=O)=N/C1=C(/C)C(=O)NC1CC1. The summed E-state index contributed by atoms with van der Waals surface area (Å²) in [6.07, 6.45) is 4.22. The minimum absolute atomic E-state index is 0.127. The first-order valence-electron chi connectivity index (χ1n) is 11.6. The van der Waals surface area contributed by atoms with Crippen LogP contribution in [0.1, 0.15) is 47.5 Å². The molecule has 1 aromatic heterocycles. The normalized spacial score (nSPS) is 17.0. The molecule has 1 saturated carbocycles. The van der Waals surface area contributed by atoms with Gasteiger partial charge in [0.05, 0.1) is 10.6 Å². The third-order valence-electron chi connectivity index (χ3n) is 5.31. The number of nitrogens with one attached hydrogen (secondary N) is 2. The molecule has 0 aromatic carbocycles. The lowest BCUT2D eigenvalue weighted by atomic mass is 10.2. The minimum atomic E-state index is -0.743. The van der Waals surface area contributed by atoms with Crippen molar-refractivity contribution < 1.29 is 14.3 Å². The highest BCUT2D eigenvalue weighted by Crippen LogP contribution is 2.28. The van der Waals surface area contributed by atoms with E-state index in [4.69, 9.17) is 16.3 Å². The van der Waals surface area contributed by atoms with E-state index >= 15 is 0 Å². The van der Waals surface area contributed by atoms with Crippen LogP contribution < -0.4 is 16.2 Å². The molecular formula is C24H32ClN7O4. The maximum atomic E-state index is 12.9. The summed E-state index contributed by atoms with van der Waals surface area (Å²) >= 11 is 6.20. The Hall–Kier alpha value is -3.60. The molecule has 0 bridgehead atoms. The molecule has 1 aliphatic carbocycles. The molecule has 12 heteroatoms. The van der Waals surface area contributed by atoms with E-state index in [2.05, 4.69) is 27.4 Å². The largest absolute Gasteiger partial charge is 0.443 e. The fourth-order valence-electron chi connectivity index (χ4n) is 3.28. The summed E-state index contributed by atoms with van der Waals surface area (Å²) in [6.45, 7) is 12.7. The van der Waals surface area contributed by atoms with Gasteiger partial charge in [-0.05, 0) is 53.5 Å². The smallest absolute Gasteiger partial charge is 0.415 e. The molecule has 0 radical (unpaired) electrons. The van der Waals surface area contributed by atoms with Crippen molar-refractivity contribution in [3.05, 3.63) is 50.9 Å². The Labute approximate surface area is 215 Å². The molecule has 1 aromatic rings. The van der Waals surface area contributed by atoms with Crippen molar-refractivity contribution in [2.45, 2.75) is 65.6 Å². The van der Waals surface area contributed by atoms with Gasteiger partial charge < -0.3 is 19.9 Å². The lowest BCUT2D eigenvalue weighted by Crippen LogP contribution is -2.41. The zero-order chi connectivity index (χ0) is 26.8. The van der Waals surface area contributed by atoms with Gasteiger partial charge in [-0.2, -0.15) is 10.1 Å². The number of halogens is 1. The highest BCUT2D eigenvalue weighted by molar-refractivity contribution is 6.30. The maximum absolute atomic E-state index is 12.9. The summed E-state index contributed by atoms with van der Waals surface area (Å²) in [4.78, 5) is 44.3. The van der Waals surface area contributed by atoms with Crippen molar-refractivity contribution in [1.82, 2.24) is 19.8 Å². The van der Waals surface area contributed by atoms with Crippen LogP contribution in [-0.4, -0.2) is 57.7 Å². The summed E-state index contributed by atoms with van der Waals surface area (Å²) in [5.74, 6) is 0.219. The molecule has 194 valence electrons. The second-order valence-corrected chi connectivity index (χ2v) is 9.91. The summed E-state index contributed by atoms with van der Waals surface area (Å²) in [5.41, 5.74) is -0.614. The second kappa shape index (κ2) is 10.6. The molecule has 0 saturated heterocycles. The van der Waals surface area contributed by atoms with Crippen LogP contribution in [-0.2, 0) is 16.1 Å². The molecule has 3 rings (SSSR count). The number of amidine groups is 1. The van der Waals surface area contributed by atoms with Crippen molar-refractivity contribution in [3.63, 3.8) is 0 Å². The molecule has 1 aliphatic heterocycles. The molecule has 2 aliphatic rings. The topological polar surface area (TPSA) is 121 Å². The van der Waals surface area contributed by atoms with E-state index in [0.29, 0.717) is 11.6 Å². The zero-order valence-corrected chi connectivity index (χ0v) is 22.1. The van der Waals surface area contributed by atoms with Crippen LogP contribution in [0.4, 0.5) is 10.5 Å². The van der Waals surface area contributed by atoms with Gasteiger partial charge in [0, 0.05) is 38.6 Å². The fourth-order valence-corrected chi connectivity index (χ4v) is 3.51. The Balaban J connectivity index is 2.09. The molecule has 11 nitrogen and oxygen atoms in total. The Morgan fingerprint density at radius 1 is 1.36 bits per heavy atom. The van der Waals surface area contributed by atoms with Crippen LogP contribution in [0.2, 0.25) is 5.02 Å². The van der Waals surface area contributed by atoms with Crippen molar-refractivity contribution >= 4 is 41.8 Å². The van der Waals surface area contributed by atoms with Crippen LogP contribution in [0, 0.1) is 0 Å². The van der Waals surface area contributed by atoms with Gasteiger partial charge in [0.15, 0.2) is 5.82 Å². The summed E-state index contributed by atoms with van der Waals surface area (Å²) in [6, 6.07) is 1.61. The van der Waals surface area contributed by atoms with Crippen LogP contribution in [0.3, 0.4) is 0 Å². The van der Waals surface area contributed by atoms with Gasteiger partial charge in [-0.3, -0.25) is 14.5 Å². The van der Waals surface area contributed by atoms with E-state index in [1.54, 1.807) is 27.7 Å². The molecule has 2 N–H and O–H groups in total. The predicted molar refractivity (Wildman–Crippen MR) is 140 cm³/mol. The third kappa shape index (κ3) is 6.34. The number of ether oxygens (including phenoxy) is 1. The highest BCUT2D eigenvalue weighted by atomic mass is 35.5. The first-order valence-corrected chi connectivity index (χ1v) is 11.9. The number of carbonyl (C=O) groups is 2. The first-order chi connectivity index (χ1) is 16.8. The van der Waals surface area contributed by atoms with E-state index in [0.717, 1.165) is 12.8 Å². The average molecular weight is 518 g/mol. The summed E-state index contributed by atoms with van der Waals surface area (Å²) in [7, 11) is 1.50. The molecule has 0 atom stereocenters. The van der Waals surface area contributed by atoms with E-state index < -0.39 is 11.7 Å². The number of hydrogen-bond donors (Lipinski definition) is 2. The van der Waals surface area contributed by atoms with Crippen LogP contribution >= 0.6 is 11.6 Å². The molecule has 0 spiro atoms. The van der Waals surface area contributed by atoms with Gasteiger partial charge >= 0.3 is 6.09 Å². The molecule has 0 unspecified atom stereocenters. The fraction of sp³-hybridized carbons (Fsp3) is 0.458. The van der Waals surface area contributed by atoms with Crippen molar-refractivity contribution in [3.8, 4) is 0 Å². The van der Waals surface area contributed by atoms with E-state index in [1.807, 2.05) is 6.92 Å². The van der Waals surface area contributed by atoms with E-state index in [-0.39, 0.29) is 46.2 Å². The third-order valence-corrected chi connectivity index (χ3v) is 5.51. The molecule has 36 heavy (non-hydrogen) atoms. The lowest BCUT2D eigenvalue weighted by Gasteiger charge is -2.33. The van der Waals surface area contributed by atoms with Gasteiger partial charge in [0.2, 0.25) is 0 Å². The number of nitrogens with zero attached hydrogens (tertiary/aromatic N) is 5. The predicted octanol–water partition coefficient (Wildman–Crippen LogP) is 3.48. The quantitative estimate of drug-likeness (QED) is 0.440. The van der Waals surface area contributed by atoms with Crippen LogP contribution in [0.15, 0.2) is 50.4 Å². The number of rotatable bonds is 6. The van der Waals surface area contributed by atoms with Gasteiger partial charge in [-0.25, -0.2) is 9.79 Å². The number of amides is 2. The Kier molecular flexibility index (Phi) is 7.92. The standard InChI is InChI=1S/C24H32ClN7O4/c1-8-31-13-15(25)11-17(22(31)34)28-18-12-19(30(7)23(35)36-24(3,4)5)32(26-6)20(29-18)14(2)21(33)27-16-9-10-16/h11-13,16H,6,8-10H2,1-5,7H3,(H,27,33)(H,28,29)/b20-14+. The van der Waals surface area contributed by atoms with E-state index in [9.17, 15) is 14.4 Å². The van der Waals surface area contributed by atoms with Crippen LogP contribution in [0.25, 0.3) is 0 Å². The number of aliphatic imine (C=N–C) groups is 1. The van der Waals surface area contributed by atoms with Gasteiger partial charge in [-0.1, -0.05) is 11.6 Å². The van der Waals surface area contributed by atoms with Crippen LogP contribution in [0.5, 0.6) is 0 Å². The van der Waals surface area contributed by atoms with Gasteiger partial charge in [0.25, 0.3) is 11.5 Å². The Morgan fingerprint density at radius 3 is 2.58 bits per heavy atom. The highest BCUT2D eigenvalue weighted by Gasteiger charge is 2.32. The molecule has 2 amide bonds.